The number of methoxy groups -OCH3 is 1. The number of halogens is 4. The summed E-state index contributed by atoms with van der Waals surface area (Å²) in [5, 5.41) is 2.99. The van der Waals surface area contributed by atoms with Crippen molar-refractivity contribution in [3.8, 4) is 17.6 Å². The lowest BCUT2D eigenvalue weighted by Gasteiger charge is -2.39. The minimum Gasteiger partial charge on any atom is -0.495 e. The van der Waals surface area contributed by atoms with Crippen molar-refractivity contribution in [3.05, 3.63) is 47.3 Å². The highest BCUT2D eigenvalue weighted by molar-refractivity contribution is 7.90. The van der Waals surface area contributed by atoms with Gasteiger partial charge in [0.05, 0.1) is 41.2 Å². The number of fused-ring (bicyclic) bond motifs is 1. The van der Waals surface area contributed by atoms with Gasteiger partial charge in [-0.1, -0.05) is 11.8 Å². The standard InChI is InChI=1S/C28H31F4N5O4S/c1-27(29)15-36(2)11-9-20(27)26-35-24-19(25(33)38)12-17(13-22(24)37(26)16-28(30,31)32)6-5-10-34-21-8-7-18(42(4,39)40)14-23(21)41-3/h7-8,12-14,20,34H,9-11,15-16H2,1-4H3,(H2,33,38)/t20-,27+/m0/s1. The summed E-state index contributed by atoms with van der Waals surface area (Å²) in [7, 11) is -0.328. The molecular weight excluding hydrogens is 578 g/mol. The molecule has 4 rings (SSSR count). The van der Waals surface area contributed by atoms with Gasteiger partial charge in [-0.2, -0.15) is 13.2 Å². The molecule has 0 saturated carbocycles. The van der Waals surface area contributed by atoms with Gasteiger partial charge in [0.2, 0.25) is 0 Å². The molecule has 1 amide bonds. The van der Waals surface area contributed by atoms with Crippen LogP contribution in [-0.4, -0.2) is 80.7 Å². The number of nitrogens with zero attached hydrogens (tertiary/aromatic N) is 3. The first-order valence-corrected chi connectivity index (χ1v) is 14.8. The van der Waals surface area contributed by atoms with Gasteiger partial charge in [-0.15, -0.1) is 0 Å². The molecule has 226 valence electrons. The number of carbonyl (C=O) groups excluding carboxylic acids is 1. The van der Waals surface area contributed by atoms with Crippen LogP contribution in [0, 0.1) is 11.8 Å². The molecule has 1 saturated heterocycles. The lowest BCUT2D eigenvalue weighted by atomic mass is 9.83. The second kappa shape index (κ2) is 11.4. The quantitative estimate of drug-likeness (QED) is 0.310. The highest BCUT2D eigenvalue weighted by atomic mass is 32.2. The Morgan fingerprint density at radius 1 is 1.29 bits per heavy atom. The van der Waals surface area contributed by atoms with Gasteiger partial charge in [0.15, 0.2) is 9.84 Å². The number of amides is 1. The number of hydrogen-bond donors (Lipinski definition) is 2. The maximum absolute atomic E-state index is 15.7. The number of piperidine rings is 1. The van der Waals surface area contributed by atoms with Gasteiger partial charge in [0.25, 0.3) is 5.91 Å². The zero-order chi connectivity index (χ0) is 31.0. The summed E-state index contributed by atoms with van der Waals surface area (Å²) in [4.78, 5) is 18.6. The van der Waals surface area contributed by atoms with Crippen LogP contribution in [0.5, 0.6) is 5.75 Å². The highest BCUT2D eigenvalue weighted by Crippen LogP contribution is 2.40. The third kappa shape index (κ3) is 6.79. The number of primary amides is 1. The molecule has 14 heteroatoms. The minimum atomic E-state index is -4.65. The highest BCUT2D eigenvalue weighted by Gasteiger charge is 2.44. The Balaban J connectivity index is 1.73. The Bertz CT molecular complexity index is 1690. The van der Waals surface area contributed by atoms with Crippen LogP contribution < -0.4 is 15.8 Å². The summed E-state index contributed by atoms with van der Waals surface area (Å²) in [5.74, 6) is 3.97. The van der Waals surface area contributed by atoms with Gasteiger partial charge in [-0.25, -0.2) is 17.8 Å². The summed E-state index contributed by atoms with van der Waals surface area (Å²) < 4.78 is 86.7. The van der Waals surface area contributed by atoms with Gasteiger partial charge in [0.1, 0.15) is 29.3 Å². The number of carbonyl (C=O) groups is 1. The average molecular weight is 610 g/mol. The van der Waals surface area contributed by atoms with Crippen LogP contribution in [0.1, 0.15) is 41.0 Å². The van der Waals surface area contributed by atoms with Crippen molar-refractivity contribution < 1.29 is 35.5 Å². The van der Waals surface area contributed by atoms with Crippen LogP contribution >= 0.6 is 0 Å². The minimum absolute atomic E-state index is 0.0149. The SMILES string of the molecule is COc1cc(S(C)(=O)=O)ccc1NCC#Cc1cc(C(N)=O)c2nc([C@@H]3CCN(C)C[C@@]3(C)F)n(CC(F)(F)F)c2c1. The summed E-state index contributed by atoms with van der Waals surface area (Å²) >= 11 is 0. The maximum atomic E-state index is 15.7. The van der Waals surface area contributed by atoms with Gasteiger partial charge >= 0.3 is 6.18 Å². The van der Waals surface area contributed by atoms with E-state index >= 15 is 4.39 Å². The summed E-state index contributed by atoms with van der Waals surface area (Å²) in [5.41, 5.74) is 4.20. The van der Waals surface area contributed by atoms with Crippen molar-refractivity contribution in [2.24, 2.45) is 5.73 Å². The van der Waals surface area contributed by atoms with Crippen molar-refractivity contribution in [1.82, 2.24) is 14.5 Å². The number of imidazole rings is 1. The van der Waals surface area contributed by atoms with E-state index in [1.165, 1.54) is 44.4 Å². The molecule has 42 heavy (non-hydrogen) atoms. The molecule has 3 N–H and O–H groups in total. The Kier molecular flexibility index (Phi) is 8.48. The van der Waals surface area contributed by atoms with E-state index < -0.39 is 40.1 Å². The number of likely N-dealkylation sites (tertiary alicyclic amines) is 1. The Morgan fingerprint density at radius 3 is 2.60 bits per heavy atom. The predicted octanol–water partition coefficient (Wildman–Crippen LogP) is 3.72. The van der Waals surface area contributed by atoms with Gasteiger partial charge < -0.3 is 25.3 Å². The Hall–Kier alpha value is -3.83. The predicted molar refractivity (Wildman–Crippen MR) is 150 cm³/mol. The first-order chi connectivity index (χ1) is 19.5. The first kappa shape index (κ1) is 31.1. The van der Waals surface area contributed by atoms with Gasteiger partial charge in [-0.3, -0.25) is 4.79 Å². The molecule has 1 aromatic heterocycles. The zero-order valence-corrected chi connectivity index (χ0v) is 24.3. The van der Waals surface area contributed by atoms with Gasteiger partial charge in [0, 0.05) is 24.4 Å². The molecule has 0 spiro atoms. The lowest BCUT2D eigenvalue weighted by Crippen LogP contribution is -2.47. The number of alkyl halides is 4. The number of nitrogens with two attached hydrogens (primary N) is 1. The Labute approximate surface area is 240 Å². The number of rotatable bonds is 7. The fourth-order valence-electron chi connectivity index (χ4n) is 5.21. The van der Waals surface area contributed by atoms with Crippen molar-refractivity contribution in [2.75, 3.05) is 45.4 Å². The average Bonchev–Trinajstić information content (AvgIpc) is 3.20. The van der Waals surface area contributed by atoms with E-state index in [9.17, 15) is 26.4 Å². The fourth-order valence-corrected chi connectivity index (χ4v) is 5.85. The van der Waals surface area contributed by atoms with Crippen LogP contribution in [0.15, 0.2) is 35.2 Å². The van der Waals surface area contributed by atoms with Crippen molar-refractivity contribution >= 4 is 32.5 Å². The number of ether oxygens (including phenoxy) is 1. The molecule has 0 radical (unpaired) electrons. The summed E-state index contributed by atoms with van der Waals surface area (Å²) in [6.45, 7) is 0.435. The zero-order valence-electron chi connectivity index (χ0n) is 23.5. The second-order valence-electron chi connectivity index (χ2n) is 10.6. The smallest absolute Gasteiger partial charge is 0.406 e. The normalized spacial score (nSPS) is 19.8. The van der Waals surface area contributed by atoms with Crippen LogP contribution in [0.25, 0.3) is 11.0 Å². The fraction of sp³-hybridized carbons (Fsp3) is 0.429. The molecule has 3 aromatic rings. The number of hydrogen-bond acceptors (Lipinski definition) is 7. The van der Waals surface area contributed by atoms with E-state index in [1.807, 2.05) is 0 Å². The number of aromatic nitrogens is 2. The topological polar surface area (TPSA) is 120 Å². The molecule has 1 fully saturated rings. The summed E-state index contributed by atoms with van der Waals surface area (Å²) in [6.07, 6.45) is -3.33. The van der Waals surface area contributed by atoms with E-state index in [4.69, 9.17) is 10.5 Å². The molecule has 0 unspecified atom stereocenters. The Morgan fingerprint density at radius 2 is 2.00 bits per heavy atom. The number of sulfone groups is 1. The van der Waals surface area contributed by atoms with Crippen LogP contribution in [0.4, 0.5) is 23.2 Å². The molecular formula is C28H31F4N5O4S. The molecule has 1 aliphatic heterocycles. The number of benzene rings is 2. The number of nitrogens with one attached hydrogen (secondary N) is 1. The third-order valence-electron chi connectivity index (χ3n) is 7.10. The summed E-state index contributed by atoms with van der Waals surface area (Å²) in [6, 6.07) is 7.02. The van der Waals surface area contributed by atoms with E-state index in [2.05, 4.69) is 22.1 Å². The maximum Gasteiger partial charge on any atom is 0.406 e. The van der Waals surface area contributed by atoms with E-state index in [-0.39, 0.29) is 58.1 Å². The molecule has 2 atom stereocenters. The van der Waals surface area contributed by atoms with E-state index in [0.717, 1.165) is 10.8 Å². The van der Waals surface area contributed by atoms with Crippen LogP contribution in [0.2, 0.25) is 0 Å². The number of anilines is 1. The molecule has 2 heterocycles. The van der Waals surface area contributed by atoms with Gasteiger partial charge in [-0.05, 0) is 51.2 Å². The van der Waals surface area contributed by atoms with Crippen LogP contribution in [-0.2, 0) is 16.4 Å². The molecule has 0 aliphatic carbocycles. The molecule has 0 bridgehead atoms. The van der Waals surface area contributed by atoms with Crippen molar-refractivity contribution in [3.63, 3.8) is 0 Å². The van der Waals surface area contributed by atoms with Crippen molar-refractivity contribution in [2.45, 2.75) is 42.5 Å². The first-order valence-electron chi connectivity index (χ1n) is 12.9. The second-order valence-corrected chi connectivity index (χ2v) is 12.6. The monoisotopic (exact) mass is 609 g/mol. The molecule has 9 nitrogen and oxygen atoms in total. The molecule has 1 aliphatic rings. The van der Waals surface area contributed by atoms with Crippen LogP contribution in [0.3, 0.4) is 0 Å². The lowest BCUT2D eigenvalue weighted by molar-refractivity contribution is -0.140. The molecule has 2 aromatic carbocycles. The van der Waals surface area contributed by atoms with E-state index in [0.29, 0.717) is 12.2 Å². The van der Waals surface area contributed by atoms with Crippen molar-refractivity contribution in [1.29, 1.82) is 0 Å². The largest absolute Gasteiger partial charge is 0.495 e. The van der Waals surface area contributed by atoms with E-state index in [1.54, 1.807) is 11.9 Å². The third-order valence-corrected chi connectivity index (χ3v) is 8.21.